The summed E-state index contributed by atoms with van der Waals surface area (Å²) in [6.07, 6.45) is 0. The molecule has 0 radical (unpaired) electrons. The van der Waals surface area contributed by atoms with Gasteiger partial charge in [0.2, 0.25) is 0 Å². The molecule has 0 fully saturated rings. The first-order valence-corrected chi connectivity index (χ1v) is 1.50. The Bertz CT molecular complexity index is 23.6. The molecule has 0 heterocycles. The number of thiol groups is 1. The molecular weight excluding hydrogens is 83.0 g/mol. The van der Waals surface area contributed by atoms with Crippen LogP contribution in [0.25, 0.3) is 0 Å². The van der Waals surface area contributed by atoms with Crippen molar-refractivity contribution in [1.29, 1.82) is 0 Å². The third-order valence-corrected chi connectivity index (χ3v) is 0.224. The fraction of sp³-hybridized carbons (Fsp3) is 1.00. The summed E-state index contributed by atoms with van der Waals surface area (Å²) in [5.41, 5.74) is 0. The molecule has 0 saturated carbocycles. The van der Waals surface area contributed by atoms with Crippen LogP contribution in [0.5, 0.6) is 0 Å². The van der Waals surface area contributed by atoms with Crippen LogP contribution in [-0.4, -0.2) is 30.2 Å². The number of rotatable bonds is 1. The Kier molecular flexibility index (Phi) is 16.2. The Morgan fingerprint density at radius 2 is 2.00 bits per heavy atom. The fourth-order valence-corrected chi connectivity index (χ4v) is 0. The van der Waals surface area contributed by atoms with Crippen molar-refractivity contribution in [2.24, 2.45) is 0 Å². The summed E-state index contributed by atoms with van der Waals surface area (Å²) in [5.74, 6) is 0. The number of hydrogen-bond acceptors (Lipinski definition) is 2. The van der Waals surface area contributed by atoms with Gasteiger partial charge in [0.1, 0.15) is 11.9 Å². The molecule has 0 amide bonds. The molecule has 0 spiro atoms. The molecule has 0 aromatic rings. The van der Waals surface area contributed by atoms with Crippen molar-refractivity contribution in [3.8, 4) is 0 Å². The van der Waals surface area contributed by atoms with Gasteiger partial charge in [0.25, 0.3) is 0 Å². The van der Waals surface area contributed by atoms with E-state index in [-0.39, 0.29) is 30.8 Å². The second-order valence-corrected chi connectivity index (χ2v) is 0.771. The van der Waals surface area contributed by atoms with E-state index >= 15 is 0 Å². The van der Waals surface area contributed by atoms with Gasteiger partial charge in [-0.05, 0) is 0 Å². The Balaban J connectivity index is 0. The fourth-order valence-electron chi connectivity index (χ4n) is 0. The summed E-state index contributed by atoms with van der Waals surface area (Å²) < 4.78 is 13.0. The minimum absolute atomic E-state index is 0. The number of hydrogen-bond donors (Lipinski definition) is 1. The average Bonchev–Trinajstić information content (AvgIpc) is 1.37. The average molecular weight is 88.1 g/mol. The van der Waals surface area contributed by atoms with E-state index in [0.717, 1.165) is 0 Å². The Morgan fingerprint density at radius 3 is 2.00 bits per heavy atom. The van der Waals surface area contributed by atoms with Crippen LogP contribution in [0.4, 0.5) is 0 Å². The molecule has 0 rings (SSSR count). The van der Waals surface area contributed by atoms with Gasteiger partial charge in [0, 0.05) is 0 Å². The van der Waals surface area contributed by atoms with Crippen LogP contribution in [0, 0.1) is 0 Å². The van der Waals surface area contributed by atoms with E-state index in [1.54, 1.807) is 0 Å². The van der Waals surface area contributed by atoms with Crippen LogP contribution in [0.15, 0.2) is 0 Å². The summed E-state index contributed by atoms with van der Waals surface area (Å²) in [7, 11) is 1.36. The maximum absolute atomic E-state index is 9.05. The van der Waals surface area contributed by atoms with E-state index in [4.69, 9.17) is 4.21 Å². The molecule has 28 valence electrons. The molecule has 0 aromatic heterocycles. The topological polar surface area (TPSA) is 26.3 Å². The SMILES string of the molecule is CO[SH]=O.[LiH]. The molecular formula is CH5LiO2S. The molecule has 0 N–H and O–H groups in total. The van der Waals surface area contributed by atoms with Crippen LogP contribution in [0.2, 0.25) is 0 Å². The first-order chi connectivity index (χ1) is 1.91. The van der Waals surface area contributed by atoms with Gasteiger partial charge in [-0.2, -0.15) is 0 Å². The molecule has 2 nitrogen and oxygen atoms in total. The van der Waals surface area contributed by atoms with Crippen LogP contribution in [0.3, 0.4) is 0 Å². The summed E-state index contributed by atoms with van der Waals surface area (Å²) >= 11 is -0.252. The molecule has 5 heavy (non-hydrogen) atoms. The van der Waals surface area contributed by atoms with E-state index in [9.17, 15) is 0 Å². The van der Waals surface area contributed by atoms with E-state index in [1.165, 1.54) is 7.11 Å². The Labute approximate surface area is 46.8 Å². The second kappa shape index (κ2) is 8.83. The zero-order chi connectivity index (χ0) is 3.41. The zero-order valence-corrected chi connectivity index (χ0v) is 3.16. The maximum atomic E-state index is 9.05. The third-order valence-electron chi connectivity index (χ3n) is 0.0745. The van der Waals surface area contributed by atoms with Crippen molar-refractivity contribution in [1.82, 2.24) is 0 Å². The quantitative estimate of drug-likeness (QED) is 0.323. The third kappa shape index (κ3) is 11.8. The van der Waals surface area contributed by atoms with Crippen molar-refractivity contribution < 1.29 is 8.39 Å². The normalized spacial score (nSPS) is 5.80. The zero-order valence-electron chi connectivity index (χ0n) is 2.26. The van der Waals surface area contributed by atoms with Gasteiger partial charge in [-0.15, -0.1) is 0 Å². The molecule has 0 aromatic carbocycles. The van der Waals surface area contributed by atoms with E-state index in [2.05, 4.69) is 4.18 Å². The van der Waals surface area contributed by atoms with Crippen molar-refractivity contribution >= 4 is 30.8 Å². The molecule has 0 saturated heterocycles. The summed E-state index contributed by atoms with van der Waals surface area (Å²) in [4.78, 5) is 0. The van der Waals surface area contributed by atoms with Gasteiger partial charge < -0.3 is 0 Å². The monoisotopic (exact) mass is 88.0 g/mol. The van der Waals surface area contributed by atoms with Gasteiger partial charge in [-0.1, -0.05) is 0 Å². The summed E-state index contributed by atoms with van der Waals surface area (Å²) in [5, 5.41) is 0. The summed E-state index contributed by atoms with van der Waals surface area (Å²) in [6.45, 7) is 0. The van der Waals surface area contributed by atoms with Crippen LogP contribution in [0.1, 0.15) is 0 Å². The van der Waals surface area contributed by atoms with Gasteiger partial charge in [0.05, 0.1) is 7.11 Å². The standard InChI is InChI=1S/CH4O2S.Li.H/c1-3-4-2;;/h4H,1H3;;. The minimum atomic E-state index is -0.252. The van der Waals surface area contributed by atoms with Crippen molar-refractivity contribution in [3.63, 3.8) is 0 Å². The van der Waals surface area contributed by atoms with Crippen LogP contribution < -0.4 is 0 Å². The predicted octanol–water partition coefficient (Wildman–Crippen LogP) is -1.16. The Morgan fingerprint density at radius 1 is 1.80 bits per heavy atom. The van der Waals surface area contributed by atoms with Crippen molar-refractivity contribution in [3.05, 3.63) is 0 Å². The van der Waals surface area contributed by atoms with Crippen molar-refractivity contribution in [2.45, 2.75) is 0 Å². The van der Waals surface area contributed by atoms with Gasteiger partial charge >= 0.3 is 18.9 Å². The second-order valence-electron chi connectivity index (χ2n) is 0.257. The first kappa shape index (κ1) is 9.20. The van der Waals surface area contributed by atoms with E-state index in [1.807, 2.05) is 0 Å². The Hall–Kier alpha value is 0.707. The summed E-state index contributed by atoms with van der Waals surface area (Å²) in [6, 6.07) is 0. The predicted molar refractivity (Wildman–Crippen MR) is 23.7 cm³/mol. The van der Waals surface area contributed by atoms with Crippen LogP contribution in [-0.2, 0) is 16.1 Å². The molecule has 4 heteroatoms. The first-order valence-electron chi connectivity index (χ1n) is 0.773. The molecule has 0 aliphatic carbocycles. The van der Waals surface area contributed by atoms with E-state index < -0.39 is 0 Å². The van der Waals surface area contributed by atoms with Gasteiger partial charge in [0.15, 0.2) is 0 Å². The molecule has 0 unspecified atom stereocenters. The van der Waals surface area contributed by atoms with Gasteiger partial charge in [-0.25, -0.2) is 4.21 Å². The molecule has 0 atom stereocenters. The van der Waals surface area contributed by atoms with Crippen LogP contribution >= 0.6 is 0 Å². The van der Waals surface area contributed by atoms with Crippen molar-refractivity contribution in [2.75, 3.05) is 7.11 Å². The molecule has 0 bridgehead atoms. The molecule has 0 aliphatic rings. The molecule has 0 aliphatic heterocycles. The van der Waals surface area contributed by atoms with Gasteiger partial charge in [-0.3, -0.25) is 4.18 Å². The van der Waals surface area contributed by atoms with E-state index in [0.29, 0.717) is 0 Å².